The van der Waals surface area contributed by atoms with Crippen LogP contribution in [0.4, 0.5) is 23.2 Å². The SMILES string of the molecule is Cn1c(CNC(=O)c2ccccc2F)nnc1SCC(=O)Nc1ccc(F)c(F)c1F. The summed E-state index contributed by atoms with van der Waals surface area (Å²) in [6, 6.07) is 7.13. The van der Waals surface area contributed by atoms with Gasteiger partial charge >= 0.3 is 0 Å². The van der Waals surface area contributed by atoms with E-state index in [1.54, 1.807) is 7.05 Å². The van der Waals surface area contributed by atoms with Crippen LogP contribution >= 0.6 is 11.8 Å². The van der Waals surface area contributed by atoms with Crippen LogP contribution in [-0.2, 0) is 18.4 Å². The molecule has 0 fully saturated rings. The Balaban J connectivity index is 1.55. The Morgan fingerprint density at radius 2 is 1.74 bits per heavy atom. The van der Waals surface area contributed by atoms with Crippen LogP contribution in [-0.4, -0.2) is 32.3 Å². The van der Waals surface area contributed by atoms with E-state index in [1.165, 1.54) is 28.8 Å². The van der Waals surface area contributed by atoms with E-state index in [0.29, 0.717) is 17.0 Å². The highest BCUT2D eigenvalue weighted by molar-refractivity contribution is 7.99. The van der Waals surface area contributed by atoms with Gasteiger partial charge in [-0.15, -0.1) is 10.2 Å². The van der Waals surface area contributed by atoms with Crippen LogP contribution in [0.5, 0.6) is 0 Å². The lowest BCUT2D eigenvalue weighted by molar-refractivity contribution is -0.113. The number of carbonyl (C=O) groups excluding carboxylic acids is 2. The average Bonchev–Trinajstić information content (AvgIpc) is 3.10. The predicted octanol–water partition coefficient (Wildman–Crippen LogP) is 3.03. The summed E-state index contributed by atoms with van der Waals surface area (Å²) in [5.74, 6) is -6.36. The maximum Gasteiger partial charge on any atom is 0.254 e. The monoisotopic (exact) mass is 453 g/mol. The molecular formula is C19H15F4N5O2S. The number of rotatable bonds is 7. The number of nitrogens with one attached hydrogen (secondary N) is 2. The molecule has 1 aromatic heterocycles. The van der Waals surface area contributed by atoms with E-state index in [-0.39, 0.29) is 17.9 Å². The van der Waals surface area contributed by atoms with Crippen LogP contribution in [0.3, 0.4) is 0 Å². The van der Waals surface area contributed by atoms with Crippen molar-refractivity contribution in [1.29, 1.82) is 0 Å². The predicted molar refractivity (Wildman–Crippen MR) is 104 cm³/mol. The molecule has 0 aliphatic rings. The summed E-state index contributed by atoms with van der Waals surface area (Å²) in [4.78, 5) is 24.1. The fourth-order valence-electron chi connectivity index (χ4n) is 2.46. The van der Waals surface area contributed by atoms with Gasteiger partial charge in [0.05, 0.1) is 23.5 Å². The maximum atomic E-state index is 13.7. The standard InChI is InChI=1S/C19H15F4N5O2S/c1-28-14(8-24-18(30)10-4-2-3-5-11(10)20)26-27-19(28)31-9-15(29)25-13-7-6-12(21)16(22)17(13)23/h2-7H,8-9H2,1H3,(H,24,30)(H,25,29). The summed E-state index contributed by atoms with van der Waals surface area (Å²) in [5, 5.41) is 12.8. The number of hydrogen-bond acceptors (Lipinski definition) is 5. The van der Waals surface area contributed by atoms with Gasteiger partial charge in [-0.25, -0.2) is 17.6 Å². The van der Waals surface area contributed by atoms with Crippen LogP contribution in [0.1, 0.15) is 16.2 Å². The summed E-state index contributed by atoms with van der Waals surface area (Å²) in [6.45, 7) is -0.0382. The number of halogens is 4. The molecule has 162 valence electrons. The van der Waals surface area contributed by atoms with Gasteiger partial charge in [0.15, 0.2) is 28.4 Å². The molecule has 1 heterocycles. The van der Waals surface area contributed by atoms with Gasteiger partial charge in [-0.2, -0.15) is 0 Å². The normalized spacial score (nSPS) is 10.7. The quantitative estimate of drug-likeness (QED) is 0.326. The summed E-state index contributed by atoms with van der Waals surface area (Å²) >= 11 is 0.956. The third kappa shape index (κ3) is 5.20. The van der Waals surface area contributed by atoms with Crippen molar-refractivity contribution in [2.45, 2.75) is 11.7 Å². The highest BCUT2D eigenvalue weighted by atomic mass is 32.2. The Kier molecular flexibility index (Phi) is 6.90. The highest BCUT2D eigenvalue weighted by Gasteiger charge is 2.17. The number of thioether (sulfide) groups is 1. The first-order chi connectivity index (χ1) is 14.8. The van der Waals surface area contributed by atoms with Gasteiger partial charge in [0.1, 0.15) is 5.82 Å². The fourth-order valence-corrected chi connectivity index (χ4v) is 3.19. The van der Waals surface area contributed by atoms with Crippen LogP contribution < -0.4 is 10.6 Å². The molecule has 7 nitrogen and oxygen atoms in total. The number of anilines is 1. The molecule has 3 aromatic rings. The molecule has 2 amide bonds. The molecule has 0 unspecified atom stereocenters. The lowest BCUT2D eigenvalue weighted by Crippen LogP contribution is -2.25. The van der Waals surface area contributed by atoms with E-state index in [1.807, 2.05) is 0 Å². The van der Waals surface area contributed by atoms with Gasteiger partial charge in [0.2, 0.25) is 5.91 Å². The van der Waals surface area contributed by atoms with E-state index in [4.69, 9.17) is 0 Å². The summed E-state index contributed by atoms with van der Waals surface area (Å²) in [7, 11) is 1.60. The Bertz CT molecular complexity index is 1140. The molecule has 3 rings (SSSR count). The number of hydrogen-bond donors (Lipinski definition) is 2. The number of aromatic nitrogens is 3. The van der Waals surface area contributed by atoms with Gasteiger partial charge in [0, 0.05) is 7.05 Å². The maximum absolute atomic E-state index is 13.7. The number of amides is 2. The average molecular weight is 453 g/mol. The minimum absolute atomic E-state index is 0.0382. The van der Waals surface area contributed by atoms with E-state index >= 15 is 0 Å². The van der Waals surface area contributed by atoms with Crippen molar-refractivity contribution in [3.05, 3.63) is 71.1 Å². The minimum Gasteiger partial charge on any atom is -0.345 e. The van der Waals surface area contributed by atoms with Crippen molar-refractivity contribution >= 4 is 29.3 Å². The minimum atomic E-state index is -1.68. The molecule has 12 heteroatoms. The number of benzene rings is 2. The second kappa shape index (κ2) is 9.60. The lowest BCUT2D eigenvalue weighted by Gasteiger charge is -2.08. The zero-order valence-electron chi connectivity index (χ0n) is 16.0. The highest BCUT2D eigenvalue weighted by Crippen LogP contribution is 2.21. The van der Waals surface area contributed by atoms with Crippen molar-refractivity contribution in [3.63, 3.8) is 0 Å². The molecule has 0 saturated heterocycles. The molecule has 0 radical (unpaired) electrons. The Labute approximate surface area is 177 Å². The van der Waals surface area contributed by atoms with E-state index in [9.17, 15) is 27.2 Å². The van der Waals surface area contributed by atoms with Crippen LogP contribution in [0, 0.1) is 23.3 Å². The lowest BCUT2D eigenvalue weighted by atomic mass is 10.2. The van der Waals surface area contributed by atoms with Crippen molar-refractivity contribution in [1.82, 2.24) is 20.1 Å². The number of carbonyl (C=O) groups is 2. The van der Waals surface area contributed by atoms with Crippen LogP contribution in [0.2, 0.25) is 0 Å². The molecule has 31 heavy (non-hydrogen) atoms. The smallest absolute Gasteiger partial charge is 0.254 e. The molecule has 2 aromatic carbocycles. The molecule has 0 aliphatic heterocycles. The topological polar surface area (TPSA) is 88.9 Å². The van der Waals surface area contributed by atoms with Crippen LogP contribution in [0.15, 0.2) is 41.6 Å². The molecule has 2 N–H and O–H groups in total. The van der Waals surface area contributed by atoms with E-state index in [0.717, 1.165) is 17.8 Å². The Morgan fingerprint density at radius 3 is 2.48 bits per heavy atom. The first-order valence-corrected chi connectivity index (χ1v) is 9.73. The van der Waals surface area contributed by atoms with Crippen LogP contribution in [0.25, 0.3) is 0 Å². The third-order valence-electron chi connectivity index (χ3n) is 4.09. The largest absolute Gasteiger partial charge is 0.345 e. The summed E-state index contributed by atoms with van der Waals surface area (Å²) in [6.07, 6.45) is 0. The molecular weight excluding hydrogens is 438 g/mol. The first-order valence-electron chi connectivity index (χ1n) is 8.75. The second-order valence-corrected chi connectivity index (χ2v) is 7.12. The van der Waals surface area contributed by atoms with E-state index < -0.39 is 40.8 Å². The van der Waals surface area contributed by atoms with Crippen molar-refractivity contribution in [2.75, 3.05) is 11.1 Å². The fraction of sp³-hybridized carbons (Fsp3) is 0.158. The molecule has 0 spiro atoms. The van der Waals surface area contributed by atoms with E-state index in [2.05, 4.69) is 20.8 Å². The number of nitrogens with zero attached hydrogens (tertiary/aromatic N) is 3. The first kappa shape index (κ1) is 22.3. The zero-order valence-corrected chi connectivity index (χ0v) is 16.8. The van der Waals surface area contributed by atoms with Gasteiger partial charge < -0.3 is 15.2 Å². The van der Waals surface area contributed by atoms with Gasteiger partial charge in [-0.3, -0.25) is 9.59 Å². The Hall–Kier alpha value is -3.41. The van der Waals surface area contributed by atoms with Crippen molar-refractivity contribution in [2.24, 2.45) is 7.05 Å². The molecule has 0 aliphatic carbocycles. The second-order valence-electron chi connectivity index (χ2n) is 6.18. The molecule has 0 bridgehead atoms. The van der Waals surface area contributed by atoms with Crippen molar-refractivity contribution in [3.8, 4) is 0 Å². The zero-order chi connectivity index (χ0) is 22.5. The summed E-state index contributed by atoms with van der Waals surface area (Å²) < 4.78 is 55.0. The molecule has 0 atom stereocenters. The van der Waals surface area contributed by atoms with Gasteiger partial charge in [-0.1, -0.05) is 23.9 Å². The Morgan fingerprint density at radius 1 is 1.00 bits per heavy atom. The summed E-state index contributed by atoms with van der Waals surface area (Å²) in [5.41, 5.74) is -0.598. The van der Waals surface area contributed by atoms with Gasteiger partial charge in [0.25, 0.3) is 5.91 Å². The third-order valence-corrected chi connectivity index (χ3v) is 5.11. The molecule has 0 saturated carbocycles. The van der Waals surface area contributed by atoms with Crippen molar-refractivity contribution < 1.29 is 27.2 Å². The van der Waals surface area contributed by atoms with Gasteiger partial charge in [-0.05, 0) is 24.3 Å².